The summed E-state index contributed by atoms with van der Waals surface area (Å²) in [5.41, 5.74) is 1.63. The van der Waals surface area contributed by atoms with Crippen LogP contribution in [-0.4, -0.2) is 104 Å². The highest BCUT2D eigenvalue weighted by atomic mass is 16.6. The third kappa shape index (κ3) is 5.27. The maximum atomic E-state index is 12.9. The number of anilines is 2. The summed E-state index contributed by atoms with van der Waals surface area (Å²) in [4.78, 5) is 43.0. The van der Waals surface area contributed by atoms with Gasteiger partial charge in [0.15, 0.2) is 17.0 Å². The van der Waals surface area contributed by atoms with Gasteiger partial charge in [-0.1, -0.05) is 0 Å². The van der Waals surface area contributed by atoms with Gasteiger partial charge in [-0.25, -0.2) is 9.78 Å². The molecule has 3 aromatic rings. The number of hydrogen-bond donors (Lipinski definition) is 2. The summed E-state index contributed by atoms with van der Waals surface area (Å²) in [7, 11) is 1.86. The van der Waals surface area contributed by atoms with Gasteiger partial charge in [0.1, 0.15) is 11.9 Å². The van der Waals surface area contributed by atoms with E-state index in [0.29, 0.717) is 62.3 Å². The first-order valence-electron chi connectivity index (χ1n) is 13.7. The Morgan fingerprint density at radius 1 is 1.18 bits per heavy atom. The molecule has 0 radical (unpaired) electrons. The molecule has 3 aromatic heterocycles. The van der Waals surface area contributed by atoms with E-state index in [1.807, 2.05) is 38.6 Å². The summed E-state index contributed by atoms with van der Waals surface area (Å²) in [5.74, 6) is 0.945. The maximum absolute atomic E-state index is 12.9. The fourth-order valence-electron chi connectivity index (χ4n) is 5.65. The van der Waals surface area contributed by atoms with Gasteiger partial charge in [-0.15, -0.1) is 0 Å². The van der Waals surface area contributed by atoms with Crippen LogP contribution in [0.1, 0.15) is 33.6 Å². The van der Waals surface area contributed by atoms with E-state index in [4.69, 9.17) is 19.4 Å². The molecule has 1 spiro atoms. The topological polar surface area (TPSA) is 145 Å². The lowest BCUT2D eigenvalue weighted by molar-refractivity contribution is -0.125. The fraction of sp³-hybridized carbons (Fsp3) is 0.615. The SMILES string of the molecule is Cn1cc(-n2cnc3c(NCC(=O)NC4CC5(C4)CN(C(=O)OC(C)(C)C)C5)nc(N4CCOCC4)nc32)cn1. The molecule has 2 N–H and O–H groups in total. The molecule has 1 saturated carbocycles. The monoisotopic (exact) mass is 552 g/mol. The van der Waals surface area contributed by atoms with Crippen LogP contribution in [0.4, 0.5) is 16.6 Å². The number of amides is 2. The lowest BCUT2D eigenvalue weighted by Crippen LogP contribution is -2.68. The van der Waals surface area contributed by atoms with Crippen LogP contribution >= 0.6 is 0 Å². The van der Waals surface area contributed by atoms with E-state index in [1.54, 1.807) is 22.1 Å². The highest BCUT2D eigenvalue weighted by Crippen LogP contribution is 2.48. The van der Waals surface area contributed by atoms with Gasteiger partial charge in [0.05, 0.1) is 31.6 Å². The predicted octanol–water partition coefficient (Wildman–Crippen LogP) is 1.31. The van der Waals surface area contributed by atoms with Gasteiger partial charge < -0.3 is 29.9 Å². The molecule has 0 aromatic carbocycles. The smallest absolute Gasteiger partial charge is 0.410 e. The molecule has 5 heterocycles. The maximum Gasteiger partial charge on any atom is 0.410 e. The molecule has 40 heavy (non-hydrogen) atoms. The highest BCUT2D eigenvalue weighted by molar-refractivity contribution is 5.88. The minimum absolute atomic E-state index is 0.0575. The van der Waals surface area contributed by atoms with Crippen molar-refractivity contribution in [3.8, 4) is 5.69 Å². The number of morpholine rings is 1. The van der Waals surface area contributed by atoms with Crippen LogP contribution in [0.25, 0.3) is 16.9 Å². The van der Waals surface area contributed by atoms with Crippen LogP contribution in [-0.2, 0) is 21.3 Å². The molecular formula is C26H36N10O4. The third-order valence-corrected chi connectivity index (χ3v) is 7.49. The Hall–Kier alpha value is -3.94. The predicted molar refractivity (Wildman–Crippen MR) is 146 cm³/mol. The van der Waals surface area contributed by atoms with Crippen molar-refractivity contribution in [1.82, 2.24) is 39.5 Å². The lowest BCUT2D eigenvalue weighted by Gasteiger charge is -2.58. The Morgan fingerprint density at radius 2 is 1.93 bits per heavy atom. The molecule has 14 nitrogen and oxygen atoms in total. The quantitative estimate of drug-likeness (QED) is 0.459. The zero-order chi connectivity index (χ0) is 28.1. The molecule has 14 heteroatoms. The van der Waals surface area contributed by atoms with Gasteiger partial charge in [0, 0.05) is 50.9 Å². The van der Waals surface area contributed by atoms with E-state index in [-0.39, 0.29) is 30.0 Å². The summed E-state index contributed by atoms with van der Waals surface area (Å²) >= 11 is 0. The number of imidazole rings is 1. The van der Waals surface area contributed by atoms with Gasteiger partial charge in [0.2, 0.25) is 11.9 Å². The summed E-state index contributed by atoms with van der Waals surface area (Å²) in [6, 6.07) is 0.0919. The Kier molecular flexibility index (Phi) is 6.51. The van der Waals surface area contributed by atoms with Crippen molar-refractivity contribution < 1.29 is 19.1 Å². The number of ether oxygens (including phenoxy) is 2. The van der Waals surface area contributed by atoms with Gasteiger partial charge in [-0.3, -0.25) is 14.0 Å². The molecule has 2 saturated heterocycles. The average Bonchev–Trinajstić information content (AvgIpc) is 3.48. The molecule has 2 amide bonds. The highest BCUT2D eigenvalue weighted by Gasteiger charge is 2.54. The van der Waals surface area contributed by atoms with Crippen molar-refractivity contribution in [2.45, 2.75) is 45.3 Å². The molecule has 3 aliphatic rings. The van der Waals surface area contributed by atoms with E-state index >= 15 is 0 Å². The second-order valence-electron chi connectivity index (χ2n) is 12.0. The van der Waals surface area contributed by atoms with Crippen molar-refractivity contribution >= 4 is 34.9 Å². The summed E-state index contributed by atoms with van der Waals surface area (Å²) in [6.07, 6.45) is 6.77. The van der Waals surface area contributed by atoms with Crippen LogP contribution < -0.4 is 15.5 Å². The van der Waals surface area contributed by atoms with Crippen molar-refractivity contribution in [3.63, 3.8) is 0 Å². The van der Waals surface area contributed by atoms with Crippen LogP contribution in [0.5, 0.6) is 0 Å². The molecule has 0 atom stereocenters. The Bertz CT molecular complexity index is 1410. The van der Waals surface area contributed by atoms with E-state index < -0.39 is 5.60 Å². The number of aryl methyl sites for hydroxylation is 1. The number of nitrogens with zero attached hydrogens (tertiary/aromatic N) is 8. The summed E-state index contributed by atoms with van der Waals surface area (Å²) < 4.78 is 14.5. The van der Waals surface area contributed by atoms with Crippen molar-refractivity contribution in [2.75, 3.05) is 56.2 Å². The number of carbonyl (C=O) groups is 2. The zero-order valence-electron chi connectivity index (χ0n) is 23.4. The van der Waals surface area contributed by atoms with Crippen LogP contribution in [0.2, 0.25) is 0 Å². The molecule has 3 fully saturated rings. The zero-order valence-corrected chi connectivity index (χ0v) is 23.4. The third-order valence-electron chi connectivity index (χ3n) is 7.49. The van der Waals surface area contributed by atoms with Crippen molar-refractivity contribution in [2.24, 2.45) is 12.5 Å². The Labute approximate surface area is 232 Å². The normalized spacial score (nSPS) is 18.9. The Balaban J connectivity index is 1.09. The second kappa shape index (κ2) is 9.91. The van der Waals surface area contributed by atoms with E-state index in [9.17, 15) is 9.59 Å². The summed E-state index contributed by atoms with van der Waals surface area (Å²) in [5, 5.41) is 10.6. The summed E-state index contributed by atoms with van der Waals surface area (Å²) in [6.45, 7) is 9.58. The number of nitrogens with one attached hydrogen (secondary N) is 2. The molecular weight excluding hydrogens is 516 g/mol. The fourth-order valence-corrected chi connectivity index (χ4v) is 5.65. The lowest BCUT2D eigenvalue weighted by atomic mass is 9.61. The number of likely N-dealkylation sites (tertiary alicyclic amines) is 1. The van der Waals surface area contributed by atoms with E-state index in [1.165, 1.54) is 0 Å². The van der Waals surface area contributed by atoms with Crippen LogP contribution in [0, 0.1) is 5.41 Å². The van der Waals surface area contributed by atoms with Crippen molar-refractivity contribution in [3.05, 3.63) is 18.7 Å². The molecule has 6 rings (SSSR count). The van der Waals surface area contributed by atoms with Crippen LogP contribution in [0.15, 0.2) is 18.7 Å². The first-order chi connectivity index (χ1) is 19.1. The first kappa shape index (κ1) is 26.3. The van der Waals surface area contributed by atoms with Crippen molar-refractivity contribution in [1.29, 1.82) is 0 Å². The average molecular weight is 553 g/mol. The van der Waals surface area contributed by atoms with Gasteiger partial charge >= 0.3 is 6.09 Å². The number of aromatic nitrogens is 6. The minimum Gasteiger partial charge on any atom is -0.444 e. The van der Waals surface area contributed by atoms with Crippen LogP contribution in [0.3, 0.4) is 0 Å². The molecule has 0 unspecified atom stereocenters. The number of fused-ring (bicyclic) bond motifs is 1. The largest absolute Gasteiger partial charge is 0.444 e. The second-order valence-corrected chi connectivity index (χ2v) is 12.0. The standard InChI is InChI=1S/C26H36N10O4/c1-25(2,3)40-24(38)35-14-26(15-35)9-17(10-26)30-19(37)12-27-21-20-22(32-23(31-21)34-5-7-39-8-6-34)36(16-28-20)18-11-29-33(4)13-18/h11,13,16-17H,5-10,12,14-15H2,1-4H3,(H,30,37)(H,27,31,32). The number of rotatable bonds is 6. The molecule has 214 valence electrons. The first-order valence-corrected chi connectivity index (χ1v) is 13.7. The molecule has 2 aliphatic heterocycles. The van der Waals surface area contributed by atoms with Gasteiger partial charge in [-0.05, 0) is 33.6 Å². The van der Waals surface area contributed by atoms with Gasteiger partial charge in [0.25, 0.3) is 0 Å². The Morgan fingerprint density at radius 3 is 2.60 bits per heavy atom. The van der Waals surface area contributed by atoms with E-state index in [2.05, 4.69) is 25.6 Å². The molecule has 1 aliphatic carbocycles. The van der Waals surface area contributed by atoms with Gasteiger partial charge in [-0.2, -0.15) is 15.1 Å². The number of carbonyl (C=O) groups excluding carboxylic acids is 2. The molecule has 0 bridgehead atoms. The van der Waals surface area contributed by atoms with E-state index in [0.717, 1.165) is 18.5 Å². The number of hydrogen-bond acceptors (Lipinski definition) is 10. The minimum atomic E-state index is -0.502.